The minimum Gasteiger partial charge on any atom is -0.391 e. The number of rotatable bonds is 5. The molecule has 0 aromatic heterocycles. The lowest BCUT2D eigenvalue weighted by atomic mass is 10.1. The van der Waals surface area contributed by atoms with Crippen LogP contribution < -0.4 is 0 Å². The van der Waals surface area contributed by atoms with Gasteiger partial charge in [-0.3, -0.25) is 0 Å². The SMILES string of the molecule is CCc1cccc(C(C)=NOCc2c(Cl)cccc2Cl)c1. The Balaban J connectivity index is 2.07. The van der Waals surface area contributed by atoms with Crippen molar-refractivity contribution in [2.75, 3.05) is 0 Å². The molecule has 0 aliphatic rings. The topological polar surface area (TPSA) is 21.6 Å². The first kappa shape index (κ1) is 15.9. The van der Waals surface area contributed by atoms with E-state index in [1.54, 1.807) is 18.2 Å². The second-order valence-electron chi connectivity index (χ2n) is 4.70. The van der Waals surface area contributed by atoms with E-state index in [-0.39, 0.29) is 6.61 Å². The Morgan fingerprint density at radius 2 is 1.76 bits per heavy atom. The van der Waals surface area contributed by atoms with Crippen molar-refractivity contribution >= 4 is 28.9 Å². The van der Waals surface area contributed by atoms with Gasteiger partial charge in [0.25, 0.3) is 0 Å². The summed E-state index contributed by atoms with van der Waals surface area (Å²) >= 11 is 12.2. The van der Waals surface area contributed by atoms with Gasteiger partial charge in [0.2, 0.25) is 0 Å². The fourth-order valence-corrected chi connectivity index (χ4v) is 2.44. The number of oxime groups is 1. The van der Waals surface area contributed by atoms with Crippen molar-refractivity contribution in [3.05, 3.63) is 69.2 Å². The van der Waals surface area contributed by atoms with E-state index in [1.807, 2.05) is 19.1 Å². The summed E-state index contributed by atoms with van der Waals surface area (Å²) in [5.41, 5.74) is 3.91. The summed E-state index contributed by atoms with van der Waals surface area (Å²) < 4.78 is 0. The molecule has 110 valence electrons. The van der Waals surface area contributed by atoms with Crippen LogP contribution >= 0.6 is 23.2 Å². The molecular weight excluding hydrogens is 305 g/mol. The molecule has 4 heteroatoms. The van der Waals surface area contributed by atoms with E-state index in [2.05, 4.69) is 24.2 Å². The lowest BCUT2D eigenvalue weighted by Crippen LogP contribution is -1.98. The predicted octanol–water partition coefficient (Wildman–Crippen LogP) is 5.50. The van der Waals surface area contributed by atoms with E-state index in [4.69, 9.17) is 28.0 Å². The highest BCUT2D eigenvalue weighted by molar-refractivity contribution is 6.35. The van der Waals surface area contributed by atoms with Crippen LogP contribution in [0.2, 0.25) is 10.0 Å². The van der Waals surface area contributed by atoms with Crippen molar-refractivity contribution < 1.29 is 4.84 Å². The first-order valence-corrected chi connectivity index (χ1v) is 7.56. The van der Waals surface area contributed by atoms with Gasteiger partial charge in [0, 0.05) is 15.6 Å². The average molecular weight is 322 g/mol. The van der Waals surface area contributed by atoms with Gasteiger partial charge in [-0.2, -0.15) is 0 Å². The molecule has 0 saturated heterocycles. The number of nitrogens with zero attached hydrogens (tertiary/aromatic N) is 1. The highest BCUT2D eigenvalue weighted by atomic mass is 35.5. The first-order valence-electron chi connectivity index (χ1n) is 6.80. The van der Waals surface area contributed by atoms with Crippen LogP contribution in [-0.2, 0) is 17.9 Å². The molecule has 0 amide bonds. The maximum atomic E-state index is 6.09. The van der Waals surface area contributed by atoms with Crippen LogP contribution in [0.25, 0.3) is 0 Å². The van der Waals surface area contributed by atoms with E-state index in [0.717, 1.165) is 23.3 Å². The zero-order valence-electron chi connectivity index (χ0n) is 12.1. The lowest BCUT2D eigenvalue weighted by molar-refractivity contribution is 0.130. The molecule has 21 heavy (non-hydrogen) atoms. The van der Waals surface area contributed by atoms with Crippen molar-refractivity contribution in [3.8, 4) is 0 Å². The number of benzene rings is 2. The van der Waals surface area contributed by atoms with Gasteiger partial charge in [-0.15, -0.1) is 0 Å². The zero-order chi connectivity index (χ0) is 15.2. The fourth-order valence-electron chi connectivity index (χ4n) is 1.93. The molecule has 0 fully saturated rings. The van der Waals surface area contributed by atoms with Crippen LogP contribution in [0.3, 0.4) is 0 Å². The molecule has 2 aromatic carbocycles. The summed E-state index contributed by atoms with van der Waals surface area (Å²) in [6.45, 7) is 4.30. The van der Waals surface area contributed by atoms with Crippen molar-refractivity contribution in [1.29, 1.82) is 0 Å². The highest BCUT2D eigenvalue weighted by Gasteiger charge is 2.06. The molecule has 0 aliphatic carbocycles. The third-order valence-electron chi connectivity index (χ3n) is 3.23. The third-order valence-corrected chi connectivity index (χ3v) is 3.93. The molecular formula is C17H17Cl2NO. The Kier molecular flexibility index (Phi) is 5.66. The minimum atomic E-state index is 0.253. The van der Waals surface area contributed by atoms with Crippen LogP contribution in [0.15, 0.2) is 47.6 Å². The van der Waals surface area contributed by atoms with E-state index < -0.39 is 0 Å². The summed E-state index contributed by atoms with van der Waals surface area (Å²) in [4.78, 5) is 5.39. The van der Waals surface area contributed by atoms with Crippen molar-refractivity contribution in [3.63, 3.8) is 0 Å². The van der Waals surface area contributed by atoms with Crippen molar-refractivity contribution in [2.45, 2.75) is 26.9 Å². The van der Waals surface area contributed by atoms with E-state index in [0.29, 0.717) is 10.0 Å². The highest BCUT2D eigenvalue weighted by Crippen LogP contribution is 2.25. The van der Waals surface area contributed by atoms with Gasteiger partial charge in [-0.05, 0) is 42.7 Å². The third kappa shape index (κ3) is 4.23. The molecule has 0 bridgehead atoms. The molecule has 0 N–H and O–H groups in total. The Morgan fingerprint density at radius 3 is 2.43 bits per heavy atom. The van der Waals surface area contributed by atoms with E-state index in [9.17, 15) is 0 Å². The van der Waals surface area contributed by atoms with Gasteiger partial charge < -0.3 is 4.84 Å². The first-order chi connectivity index (χ1) is 10.1. The van der Waals surface area contributed by atoms with Crippen LogP contribution in [-0.4, -0.2) is 5.71 Å². The molecule has 0 saturated carbocycles. The van der Waals surface area contributed by atoms with Gasteiger partial charge in [-0.25, -0.2) is 0 Å². The van der Waals surface area contributed by atoms with Gasteiger partial charge in [0.1, 0.15) is 6.61 Å². The average Bonchev–Trinajstić information content (AvgIpc) is 2.50. The Hall–Kier alpha value is -1.51. The van der Waals surface area contributed by atoms with Crippen molar-refractivity contribution in [1.82, 2.24) is 0 Å². The Bertz CT molecular complexity index is 633. The summed E-state index contributed by atoms with van der Waals surface area (Å²) in [7, 11) is 0. The van der Waals surface area contributed by atoms with E-state index in [1.165, 1.54) is 5.56 Å². The van der Waals surface area contributed by atoms with Crippen LogP contribution in [0.1, 0.15) is 30.5 Å². The fraction of sp³-hybridized carbons (Fsp3) is 0.235. The molecule has 0 radical (unpaired) electrons. The van der Waals surface area contributed by atoms with Gasteiger partial charge in [0.05, 0.1) is 5.71 Å². The molecule has 2 rings (SSSR count). The van der Waals surface area contributed by atoms with Gasteiger partial charge in [0.15, 0.2) is 0 Å². The monoisotopic (exact) mass is 321 g/mol. The maximum absolute atomic E-state index is 6.09. The molecule has 0 unspecified atom stereocenters. The second-order valence-corrected chi connectivity index (χ2v) is 5.52. The number of halogens is 2. The van der Waals surface area contributed by atoms with Gasteiger partial charge in [-0.1, -0.05) is 59.5 Å². The summed E-state index contributed by atoms with van der Waals surface area (Å²) in [5, 5.41) is 5.32. The molecule has 2 aromatic rings. The number of hydrogen-bond acceptors (Lipinski definition) is 2. The largest absolute Gasteiger partial charge is 0.391 e. The summed E-state index contributed by atoms with van der Waals surface area (Å²) in [6.07, 6.45) is 0.997. The quantitative estimate of drug-likeness (QED) is 0.526. The van der Waals surface area contributed by atoms with Crippen LogP contribution in [0.4, 0.5) is 0 Å². The summed E-state index contributed by atoms with van der Waals surface area (Å²) in [6, 6.07) is 13.6. The molecule has 0 spiro atoms. The van der Waals surface area contributed by atoms with Crippen molar-refractivity contribution in [2.24, 2.45) is 5.16 Å². The minimum absolute atomic E-state index is 0.253. The van der Waals surface area contributed by atoms with Crippen LogP contribution in [0.5, 0.6) is 0 Å². The summed E-state index contributed by atoms with van der Waals surface area (Å²) in [5.74, 6) is 0. The normalized spacial score (nSPS) is 11.5. The molecule has 0 atom stereocenters. The molecule has 2 nitrogen and oxygen atoms in total. The Morgan fingerprint density at radius 1 is 1.10 bits per heavy atom. The zero-order valence-corrected chi connectivity index (χ0v) is 13.6. The standard InChI is InChI=1S/C17H17Cl2NO/c1-3-13-6-4-7-14(10-13)12(2)20-21-11-15-16(18)8-5-9-17(15)19/h4-10H,3,11H2,1-2H3. The number of hydrogen-bond donors (Lipinski definition) is 0. The number of aryl methyl sites for hydroxylation is 1. The van der Waals surface area contributed by atoms with Crippen LogP contribution in [0, 0.1) is 0 Å². The lowest BCUT2D eigenvalue weighted by Gasteiger charge is -2.07. The predicted molar refractivity (Wildman–Crippen MR) is 89.3 cm³/mol. The maximum Gasteiger partial charge on any atom is 0.145 e. The molecule has 0 aliphatic heterocycles. The Labute approximate surface area is 135 Å². The molecule has 0 heterocycles. The second kappa shape index (κ2) is 7.48. The van der Waals surface area contributed by atoms with Gasteiger partial charge >= 0.3 is 0 Å². The smallest absolute Gasteiger partial charge is 0.145 e. The van der Waals surface area contributed by atoms with E-state index >= 15 is 0 Å².